The normalized spacial score (nSPS) is 12.0. The number of aromatic amines is 2. The molecule has 0 aliphatic rings. The molecule has 8 heteroatoms. The van der Waals surface area contributed by atoms with E-state index in [2.05, 4.69) is 20.6 Å². The van der Waals surface area contributed by atoms with Gasteiger partial charge in [0.25, 0.3) is 5.91 Å². The number of hydrogen-bond donors (Lipinski definition) is 4. The summed E-state index contributed by atoms with van der Waals surface area (Å²) in [7, 11) is 0. The van der Waals surface area contributed by atoms with Gasteiger partial charge >= 0.3 is 5.69 Å². The van der Waals surface area contributed by atoms with Crippen molar-refractivity contribution in [2.45, 2.75) is 19.9 Å². The van der Waals surface area contributed by atoms with E-state index in [1.165, 1.54) is 0 Å². The number of rotatable bonds is 7. The number of fused-ring (bicyclic) bond motifs is 1. The lowest BCUT2D eigenvalue weighted by Gasteiger charge is -2.21. The highest BCUT2D eigenvalue weighted by atomic mass is 16.5. The van der Waals surface area contributed by atoms with E-state index in [0.29, 0.717) is 22.5 Å². The number of amides is 2. The molecule has 0 aliphatic carbocycles. The molecule has 0 fully saturated rings. The Labute approximate surface area is 161 Å². The molecule has 0 bridgehead atoms. The third-order valence-electron chi connectivity index (χ3n) is 4.16. The van der Waals surface area contributed by atoms with Gasteiger partial charge in [-0.05, 0) is 36.2 Å². The van der Waals surface area contributed by atoms with Crippen molar-refractivity contribution in [3.05, 3.63) is 59.0 Å². The highest BCUT2D eigenvalue weighted by molar-refractivity contribution is 5.98. The van der Waals surface area contributed by atoms with Crippen molar-refractivity contribution in [1.82, 2.24) is 15.3 Å². The first kappa shape index (κ1) is 19.2. The van der Waals surface area contributed by atoms with Crippen molar-refractivity contribution in [3.8, 4) is 5.75 Å². The molecule has 0 saturated carbocycles. The molecular formula is C20H22N4O4. The minimum Gasteiger partial charge on any atom is -0.484 e. The third-order valence-corrected chi connectivity index (χ3v) is 4.16. The number of ether oxygens (including phenoxy) is 1. The monoisotopic (exact) mass is 382 g/mol. The fourth-order valence-corrected chi connectivity index (χ4v) is 2.75. The fraction of sp³-hybridized carbons (Fsp3) is 0.250. The highest BCUT2D eigenvalue weighted by Gasteiger charge is 2.24. The molecule has 1 atom stereocenters. The molecule has 0 aliphatic heterocycles. The van der Waals surface area contributed by atoms with Gasteiger partial charge in [0, 0.05) is 5.69 Å². The summed E-state index contributed by atoms with van der Waals surface area (Å²) in [6.07, 6.45) is 0. The molecule has 4 N–H and O–H groups in total. The summed E-state index contributed by atoms with van der Waals surface area (Å²) >= 11 is 0. The van der Waals surface area contributed by atoms with Crippen LogP contribution in [-0.4, -0.2) is 34.4 Å². The Balaban J connectivity index is 1.62. The van der Waals surface area contributed by atoms with Crippen LogP contribution in [0.1, 0.15) is 13.8 Å². The molecule has 2 aromatic carbocycles. The van der Waals surface area contributed by atoms with E-state index in [0.717, 1.165) is 0 Å². The van der Waals surface area contributed by atoms with E-state index < -0.39 is 6.04 Å². The van der Waals surface area contributed by atoms with Gasteiger partial charge in [0.05, 0.1) is 11.0 Å². The first-order chi connectivity index (χ1) is 13.4. The molecule has 2 amide bonds. The summed E-state index contributed by atoms with van der Waals surface area (Å²) in [4.78, 5) is 41.5. The van der Waals surface area contributed by atoms with Gasteiger partial charge < -0.3 is 25.3 Å². The van der Waals surface area contributed by atoms with Crippen molar-refractivity contribution < 1.29 is 14.3 Å². The SMILES string of the molecule is CC(C)[C@H](NC(=O)COc1ccccc1)C(=O)Nc1ccc2[nH]c(=O)[nH]c2c1. The Morgan fingerprint density at radius 1 is 1.04 bits per heavy atom. The van der Waals surface area contributed by atoms with Crippen molar-refractivity contribution in [3.63, 3.8) is 0 Å². The number of benzene rings is 2. The van der Waals surface area contributed by atoms with Gasteiger partial charge in [0.15, 0.2) is 6.61 Å². The lowest BCUT2D eigenvalue weighted by molar-refractivity contribution is -0.128. The van der Waals surface area contributed by atoms with Gasteiger partial charge in [-0.25, -0.2) is 4.79 Å². The van der Waals surface area contributed by atoms with E-state index in [4.69, 9.17) is 4.74 Å². The standard InChI is InChI=1S/C20H22N4O4/c1-12(2)18(24-17(25)11-28-14-6-4-3-5-7-14)19(26)21-13-8-9-15-16(10-13)23-20(27)22-15/h3-10,12,18H,11H2,1-2H3,(H,21,26)(H,24,25)(H2,22,23,27)/t18-/m0/s1. The minimum atomic E-state index is -0.729. The van der Waals surface area contributed by atoms with Gasteiger partial charge in [-0.2, -0.15) is 0 Å². The summed E-state index contributed by atoms with van der Waals surface area (Å²) < 4.78 is 5.42. The second-order valence-corrected chi connectivity index (χ2v) is 6.72. The number of imidazole rings is 1. The third kappa shape index (κ3) is 4.79. The number of carbonyl (C=O) groups excluding carboxylic acids is 2. The Morgan fingerprint density at radius 2 is 1.75 bits per heavy atom. The summed E-state index contributed by atoms with van der Waals surface area (Å²) in [5.41, 5.74) is 1.44. The fourth-order valence-electron chi connectivity index (χ4n) is 2.75. The Hall–Kier alpha value is -3.55. The molecule has 1 heterocycles. The second kappa shape index (κ2) is 8.43. The number of carbonyl (C=O) groups is 2. The molecule has 0 saturated heterocycles. The molecule has 0 unspecified atom stereocenters. The predicted molar refractivity (Wildman–Crippen MR) is 106 cm³/mol. The van der Waals surface area contributed by atoms with Gasteiger partial charge in [-0.15, -0.1) is 0 Å². The number of hydrogen-bond acceptors (Lipinski definition) is 4. The van der Waals surface area contributed by atoms with Gasteiger partial charge in [-0.3, -0.25) is 9.59 Å². The molecule has 146 valence electrons. The van der Waals surface area contributed by atoms with Crippen molar-refractivity contribution >= 4 is 28.5 Å². The Morgan fingerprint density at radius 3 is 2.46 bits per heavy atom. The smallest absolute Gasteiger partial charge is 0.323 e. The molecule has 3 aromatic rings. The summed E-state index contributed by atoms with van der Waals surface area (Å²) in [5.74, 6) is -0.281. The zero-order chi connectivity index (χ0) is 20.1. The zero-order valence-corrected chi connectivity index (χ0v) is 15.6. The van der Waals surface area contributed by atoms with E-state index in [9.17, 15) is 14.4 Å². The van der Waals surface area contributed by atoms with Crippen molar-refractivity contribution in [1.29, 1.82) is 0 Å². The maximum absolute atomic E-state index is 12.7. The minimum absolute atomic E-state index is 0.128. The van der Waals surface area contributed by atoms with E-state index >= 15 is 0 Å². The largest absolute Gasteiger partial charge is 0.484 e. The number of para-hydroxylation sites is 1. The molecule has 0 spiro atoms. The van der Waals surface area contributed by atoms with Crippen LogP contribution in [-0.2, 0) is 9.59 Å². The summed E-state index contributed by atoms with van der Waals surface area (Å²) in [5, 5.41) is 5.48. The van der Waals surface area contributed by atoms with Gasteiger partial charge in [0.1, 0.15) is 11.8 Å². The van der Waals surface area contributed by atoms with Crippen molar-refractivity contribution in [2.75, 3.05) is 11.9 Å². The molecular weight excluding hydrogens is 360 g/mol. The average Bonchev–Trinajstić information content (AvgIpc) is 3.04. The number of anilines is 1. The van der Waals surface area contributed by atoms with Crippen LogP contribution in [0, 0.1) is 5.92 Å². The molecule has 28 heavy (non-hydrogen) atoms. The highest BCUT2D eigenvalue weighted by Crippen LogP contribution is 2.16. The Kier molecular flexibility index (Phi) is 5.78. The molecule has 1 aromatic heterocycles. The summed E-state index contributed by atoms with van der Waals surface area (Å²) in [6.45, 7) is 3.50. The van der Waals surface area contributed by atoms with Crippen LogP contribution in [0.5, 0.6) is 5.75 Å². The van der Waals surface area contributed by atoms with E-state index in [1.807, 2.05) is 32.0 Å². The maximum Gasteiger partial charge on any atom is 0.323 e. The van der Waals surface area contributed by atoms with E-state index in [-0.39, 0.29) is 30.0 Å². The first-order valence-electron chi connectivity index (χ1n) is 8.92. The van der Waals surface area contributed by atoms with Crippen LogP contribution in [0.2, 0.25) is 0 Å². The lowest BCUT2D eigenvalue weighted by Crippen LogP contribution is -2.48. The van der Waals surface area contributed by atoms with E-state index in [1.54, 1.807) is 30.3 Å². The predicted octanol–water partition coefficient (Wildman–Crippen LogP) is 2.01. The number of nitrogens with one attached hydrogen (secondary N) is 4. The molecule has 0 radical (unpaired) electrons. The molecule has 8 nitrogen and oxygen atoms in total. The second-order valence-electron chi connectivity index (χ2n) is 6.72. The van der Waals surface area contributed by atoms with Gasteiger partial charge in [-0.1, -0.05) is 32.0 Å². The van der Waals surface area contributed by atoms with Crippen LogP contribution in [0.15, 0.2) is 53.3 Å². The lowest BCUT2D eigenvalue weighted by atomic mass is 10.0. The van der Waals surface area contributed by atoms with Gasteiger partial charge in [0.2, 0.25) is 5.91 Å². The molecule has 3 rings (SSSR count). The van der Waals surface area contributed by atoms with Crippen LogP contribution in [0.25, 0.3) is 11.0 Å². The maximum atomic E-state index is 12.7. The van der Waals surface area contributed by atoms with Crippen LogP contribution in [0.3, 0.4) is 0 Å². The summed E-state index contributed by atoms with van der Waals surface area (Å²) in [6, 6.07) is 13.3. The van der Waals surface area contributed by atoms with Crippen LogP contribution >= 0.6 is 0 Å². The number of aromatic nitrogens is 2. The quantitative estimate of drug-likeness (QED) is 0.500. The average molecular weight is 382 g/mol. The van der Waals surface area contributed by atoms with Crippen molar-refractivity contribution in [2.24, 2.45) is 5.92 Å². The topological polar surface area (TPSA) is 116 Å². The zero-order valence-electron chi connectivity index (χ0n) is 15.6. The van der Waals surface area contributed by atoms with Crippen LogP contribution in [0.4, 0.5) is 5.69 Å². The Bertz CT molecular complexity index is 1020. The number of H-pyrrole nitrogens is 2. The first-order valence-corrected chi connectivity index (χ1v) is 8.92. The van der Waals surface area contributed by atoms with Crippen LogP contribution < -0.4 is 21.1 Å².